The van der Waals surface area contributed by atoms with Gasteiger partial charge in [-0.05, 0) is 36.7 Å². The first-order chi connectivity index (χ1) is 10.5. The molecule has 0 aliphatic heterocycles. The first kappa shape index (κ1) is 18.5. The van der Waals surface area contributed by atoms with Crippen molar-refractivity contribution in [2.45, 2.75) is 40.2 Å². The third-order valence-corrected chi connectivity index (χ3v) is 3.84. The van der Waals surface area contributed by atoms with Crippen LogP contribution in [0.1, 0.15) is 45.7 Å². The number of benzene rings is 1. The molecule has 0 aromatic heterocycles. The van der Waals surface area contributed by atoms with Crippen LogP contribution >= 0.6 is 0 Å². The van der Waals surface area contributed by atoms with Gasteiger partial charge in [-0.2, -0.15) is 0 Å². The van der Waals surface area contributed by atoms with Gasteiger partial charge in [0, 0.05) is 13.0 Å². The Morgan fingerprint density at radius 3 is 2.23 bits per heavy atom. The van der Waals surface area contributed by atoms with Crippen LogP contribution in [0.5, 0.6) is 5.75 Å². The Hall–Kier alpha value is -1.55. The van der Waals surface area contributed by atoms with Gasteiger partial charge in [0.2, 0.25) is 5.91 Å². The van der Waals surface area contributed by atoms with Gasteiger partial charge in [-0.15, -0.1) is 0 Å². The second-order valence-corrected chi connectivity index (χ2v) is 5.91. The topological polar surface area (TPSA) is 41.6 Å². The van der Waals surface area contributed by atoms with Crippen LogP contribution in [0, 0.1) is 5.92 Å². The molecule has 0 aliphatic carbocycles. The van der Waals surface area contributed by atoms with E-state index in [0.29, 0.717) is 18.9 Å². The van der Waals surface area contributed by atoms with Crippen LogP contribution in [0.25, 0.3) is 0 Å². The predicted octanol–water partition coefficient (Wildman–Crippen LogP) is 3.24. The van der Waals surface area contributed by atoms with E-state index in [9.17, 15) is 4.79 Å². The zero-order chi connectivity index (χ0) is 16.5. The molecule has 0 heterocycles. The van der Waals surface area contributed by atoms with Crippen LogP contribution in [0.4, 0.5) is 0 Å². The van der Waals surface area contributed by atoms with Gasteiger partial charge in [0.1, 0.15) is 5.75 Å². The second kappa shape index (κ2) is 9.46. The molecule has 0 saturated carbocycles. The van der Waals surface area contributed by atoms with Crippen molar-refractivity contribution in [2.75, 3.05) is 26.7 Å². The molecule has 1 amide bonds. The van der Waals surface area contributed by atoms with Gasteiger partial charge in [-0.3, -0.25) is 9.69 Å². The van der Waals surface area contributed by atoms with E-state index in [1.165, 1.54) is 5.56 Å². The Kier molecular flexibility index (Phi) is 7.96. The van der Waals surface area contributed by atoms with Crippen molar-refractivity contribution < 1.29 is 9.53 Å². The number of hydrogen-bond acceptors (Lipinski definition) is 3. The van der Waals surface area contributed by atoms with E-state index in [1.807, 2.05) is 12.1 Å². The molecule has 1 rings (SSSR count). The zero-order valence-corrected chi connectivity index (χ0v) is 14.6. The van der Waals surface area contributed by atoms with E-state index in [1.54, 1.807) is 7.11 Å². The van der Waals surface area contributed by atoms with Crippen LogP contribution < -0.4 is 10.1 Å². The summed E-state index contributed by atoms with van der Waals surface area (Å²) in [6, 6.07) is 8.30. The summed E-state index contributed by atoms with van der Waals surface area (Å²) in [4.78, 5) is 14.3. The average Bonchev–Trinajstić information content (AvgIpc) is 2.51. The van der Waals surface area contributed by atoms with Crippen LogP contribution in [0.15, 0.2) is 24.3 Å². The zero-order valence-electron chi connectivity index (χ0n) is 14.6. The molecule has 4 nitrogen and oxygen atoms in total. The fraction of sp³-hybridized carbons (Fsp3) is 0.611. The highest BCUT2D eigenvalue weighted by molar-refractivity contribution is 5.76. The minimum atomic E-state index is 0.126. The minimum absolute atomic E-state index is 0.126. The summed E-state index contributed by atoms with van der Waals surface area (Å²) in [5.41, 5.74) is 1.20. The molecule has 1 unspecified atom stereocenters. The van der Waals surface area contributed by atoms with E-state index in [2.05, 4.69) is 50.0 Å². The normalized spacial score (nSPS) is 12.5. The van der Waals surface area contributed by atoms with Crippen LogP contribution in [-0.4, -0.2) is 37.6 Å². The number of likely N-dealkylation sites (N-methyl/N-ethyl adjacent to an activating group) is 1. The van der Waals surface area contributed by atoms with Crippen molar-refractivity contribution in [3.05, 3.63) is 29.8 Å². The first-order valence-corrected chi connectivity index (χ1v) is 8.16. The van der Waals surface area contributed by atoms with Crippen LogP contribution in [0.2, 0.25) is 0 Å². The summed E-state index contributed by atoms with van der Waals surface area (Å²) in [6.07, 6.45) is 0.577. The van der Waals surface area contributed by atoms with Crippen molar-refractivity contribution >= 4 is 5.91 Å². The molecule has 0 fully saturated rings. The van der Waals surface area contributed by atoms with E-state index in [4.69, 9.17) is 4.74 Å². The summed E-state index contributed by atoms with van der Waals surface area (Å²) in [5.74, 6) is 1.36. The molecular weight excluding hydrogens is 276 g/mol. The summed E-state index contributed by atoms with van der Waals surface area (Å²) in [6.45, 7) is 11.0. The van der Waals surface area contributed by atoms with Crippen molar-refractivity contribution in [1.82, 2.24) is 10.2 Å². The largest absolute Gasteiger partial charge is 0.497 e. The molecule has 0 saturated heterocycles. The second-order valence-electron chi connectivity index (χ2n) is 5.91. The third-order valence-electron chi connectivity index (χ3n) is 3.84. The summed E-state index contributed by atoms with van der Waals surface area (Å²) in [7, 11) is 1.67. The Morgan fingerprint density at radius 2 is 1.77 bits per heavy atom. The molecule has 0 radical (unpaired) electrons. The summed E-state index contributed by atoms with van der Waals surface area (Å²) >= 11 is 0. The molecule has 0 aliphatic rings. The minimum Gasteiger partial charge on any atom is -0.497 e. The van der Waals surface area contributed by atoms with Crippen molar-refractivity contribution in [3.63, 3.8) is 0 Å². The van der Waals surface area contributed by atoms with E-state index >= 15 is 0 Å². The number of carbonyl (C=O) groups is 1. The summed E-state index contributed by atoms with van der Waals surface area (Å²) < 4.78 is 5.22. The van der Waals surface area contributed by atoms with E-state index < -0.39 is 0 Å². The third kappa shape index (κ3) is 5.68. The molecule has 1 N–H and O–H groups in total. The lowest BCUT2D eigenvalue weighted by molar-refractivity contribution is -0.122. The number of nitrogens with zero attached hydrogens (tertiary/aromatic N) is 1. The number of methoxy groups -OCH3 is 1. The highest BCUT2D eigenvalue weighted by atomic mass is 16.5. The molecule has 1 aromatic rings. The van der Waals surface area contributed by atoms with Crippen LogP contribution in [-0.2, 0) is 4.79 Å². The number of nitrogens with one attached hydrogen (secondary N) is 1. The standard InChI is InChI=1S/C18H30N2O2/c1-6-20(7-2)17(13-19-18(21)12-14(3)4)15-8-10-16(22-5)11-9-15/h8-11,14,17H,6-7,12-13H2,1-5H3,(H,19,21). The quantitative estimate of drug-likeness (QED) is 0.761. The maximum atomic E-state index is 11.9. The number of hydrogen-bond donors (Lipinski definition) is 1. The Labute approximate surface area is 134 Å². The van der Waals surface area contributed by atoms with Gasteiger partial charge in [-0.25, -0.2) is 0 Å². The van der Waals surface area contributed by atoms with Gasteiger partial charge in [0.15, 0.2) is 0 Å². The molecular formula is C18H30N2O2. The fourth-order valence-corrected chi connectivity index (χ4v) is 2.60. The Balaban J connectivity index is 2.81. The van der Waals surface area contributed by atoms with E-state index in [-0.39, 0.29) is 11.9 Å². The molecule has 22 heavy (non-hydrogen) atoms. The van der Waals surface area contributed by atoms with Crippen molar-refractivity contribution in [2.24, 2.45) is 5.92 Å². The molecule has 124 valence electrons. The van der Waals surface area contributed by atoms with E-state index in [0.717, 1.165) is 18.8 Å². The lowest BCUT2D eigenvalue weighted by atomic mass is 10.0. The molecule has 4 heteroatoms. The lowest BCUT2D eigenvalue weighted by Crippen LogP contribution is -2.38. The summed E-state index contributed by atoms with van der Waals surface area (Å²) in [5, 5.41) is 3.08. The Bertz CT molecular complexity index is 439. The lowest BCUT2D eigenvalue weighted by Gasteiger charge is -2.30. The highest BCUT2D eigenvalue weighted by Crippen LogP contribution is 2.22. The van der Waals surface area contributed by atoms with Crippen LogP contribution in [0.3, 0.4) is 0 Å². The predicted molar refractivity (Wildman–Crippen MR) is 91.1 cm³/mol. The molecule has 0 bridgehead atoms. The first-order valence-electron chi connectivity index (χ1n) is 8.16. The fourth-order valence-electron chi connectivity index (χ4n) is 2.60. The smallest absolute Gasteiger partial charge is 0.220 e. The number of ether oxygens (including phenoxy) is 1. The number of rotatable bonds is 9. The maximum absolute atomic E-state index is 11.9. The Morgan fingerprint density at radius 1 is 1.18 bits per heavy atom. The van der Waals surface area contributed by atoms with Crippen molar-refractivity contribution in [1.29, 1.82) is 0 Å². The van der Waals surface area contributed by atoms with Gasteiger partial charge in [0.25, 0.3) is 0 Å². The number of carbonyl (C=O) groups excluding carboxylic acids is 1. The SMILES string of the molecule is CCN(CC)C(CNC(=O)CC(C)C)c1ccc(OC)cc1. The number of amides is 1. The van der Waals surface area contributed by atoms with Gasteiger partial charge in [-0.1, -0.05) is 39.8 Å². The van der Waals surface area contributed by atoms with Gasteiger partial charge in [0.05, 0.1) is 13.2 Å². The maximum Gasteiger partial charge on any atom is 0.220 e. The molecule has 1 atom stereocenters. The highest BCUT2D eigenvalue weighted by Gasteiger charge is 2.19. The average molecular weight is 306 g/mol. The van der Waals surface area contributed by atoms with Gasteiger partial charge < -0.3 is 10.1 Å². The monoisotopic (exact) mass is 306 g/mol. The molecule has 1 aromatic carbocycles. The van der Waals surface area contributed by atoms with Gasteiger partial charge >= 0.3 is 0 Å². The molecule has 0 spiro atoms. The van der Waals surface area contributed by atoms with Crippen molar-refractivity contribution in [3.8, 4) is 5.75 Å².